The quantitative estimate of drug-likeness (QED) is 0.709. The third-order valence-electron chi connectivity index (χ3n) is 3.24. The Kier molecular flexibility index (Phi) is 2.83. The van der Waals surface area contributed by atoms with E-state index in [9.17, 15) is 4.79 Å². The second kappa shape index (κ2) is 4.51. The van der Waals surface area contributed by atoms with Gasteiger partial charge in [0.25, 0.3) is 0 Å². The van der Waals surface area contributed by atoms with E-state index in [-0.39, 0.29) is 11.9 Å². The van der Waals surface area contributed by atoms with Crippen LogP contribution in [0, 0.1) is 6.92 Å². The van der Waals surface area contributed by atoms with E-state index in [4.69, 9.17) is 4.74 Å². The minimum absolute atomic E-state index is 0.0395. The number of rotatable bonds is 2. The number of aromatic nitrogens is 3. The SMILES string of the molecule is COc1nc(C)c2[nH]cc(C3NCCNC3=O)c2n1. The monoisotopic (exact) mass is 261 g/mol. The van der Waals surface area contributed by atoms with Crippen LogP contribution in [0.1, 0.15) is 17.3 Å². The number of hydrogen-bond donors (Lipinski definition) is 3. The number of nitrogens with one attached hydrogen (secondary N) is 3. The Morgan fingerprint density at radius 3 is 2.95 bits per heavy atom. The highest BCUT2D eigenvalue weighted by atomic mass is 16.5. The molecule has 1 unspecified atom stereocenters. The molecule has 0 aliphatic carbocycles. The Bertz CT molecular complexity index is 636. The summed E-state index contributed by atoms with van der Waals surface area (Å²) in [4.78, 5) is 23.6. The van der Waals surface area contributed by atoms with Gasteiger partial charge in [0.1, 0.15) is 11.6 Å². The fraction of sp³-hybridized carbons (Fsp3) is 0.417. The molecule has 3 rings (SSSR count). The average Bonchev–Trinajstić information content (AvgIpc) is 2.83. The molecule has 0 bridgehead atoms. The van der Waals surface area contributed by atoms with Crippen molar-refractivity contribution in [3.05, 3.63) is 17.5 Å². The molecule has 100 valence electrons. The van der Waals surface area contributed by atoms with Crippen LogP contribution in [-0.4, -0.2) is 41.1 Å². The largest absolute Gasteiger partial charge is 0.467 e. The van der Waals surface area contributed by atoms with Gasteiger partial charge < -0.3 is 20.4 Å². The van der Waals surface area contributed by atoms with Gasteiger partial charge in [0.15, 0.2) is 0 Å². The molecule has 0 aromatic carbocycles. The van der Waals surface area contributed by atoms with Crippen LogP contribution < -0.4 is 15.4 Å². The van der Waals surface area contributed by atoms with Crippen LogP contribution >= 0.6 is 0 Å². The van der Waals surface area contributed by atoms with E-state index in [2.05, 4.69) is 25.6 Å². The van der Waals surface area contributed by atoms with Crippen molar-refractivity contribution in [1.29, 1.82) is 0 Å². The first-order chi connectivity index (χ1) is 9.20. The lowest BCUT2D eigenvalue weighted by molar-refractivity contribution is -0.124. The molecule has 1 saturated heterocycles. The van der Waals surface area contributed by atoms with Gasteiger partial charge in [0.05, 0.1) is 18.3 Å². The van der Waals surface area contributed by atoms with Gasteiger partial charge in [-0.25, -0.2) is 0 Å². The third-order valence-corrected chi connectivity index (χ3v) is 3.24. The second-order valence-corrected chi connectivity index (χ2v) is 4.44. The van der Waals surface area contributed by atoms with Gasteiger partial charge in [0, 0.05) is 24.8 Å². The van der Waals surface area contributed by atoms with Crippen molar-refractivity contribution in [3.63, 3.8) is 0 Å². The Morgan fingerprint density at radius 2 is 2.21 bits per heavy atom. The Balaban J connectivity index is 2.13. The zero-order chi connectivity index (χ0) is 13.4. The normalized spacial score (nSPS) is 19.5. The second-order valence-electron chi connectivity index (χ2n) is 4.44. The topological polar surface area (TPSA) is 91.9 Å². The van der Waals surface area contributed by atoms with Crippen LogP contribution in [0.15, 0.2) is 6.20 Å². The van der Waals surface area contributed by atoms with Gasteiger partial charge in [0.2, 0.25) is 5.91 Å². The standard InChI is InChI=1S/C12H15N5O2/c1-6-8-9(17-12(16-6)19-2)7(5-15-8)10-11(18)14-4-3-13-10/h5,10,13,15H,3-4H2,1-2H3,(H,14,18). The number of amides is 1. The van der Waals surface area contributed by atoms with Gasteiger partial charge in [-0.3, -0.25) is 4.79 Å². The predicted octanol–water partition coefficient (Wildman–Crippen LogP) is 0.0354. The Morgan fingerprint density at radius 1 is 1.37 bits per heavy atom. The molecule has 1 atom stereocenters. The minimum atomic E-state index is -0.387. The summed E-state index contributed by atoms with van der Waals surface area (Å²) < 4.78 is 5.08. The van der Waals surface area contributed by atoms with E-state index >= 15 is 0 Å². The highest BCUT2D eigenvalue weighted by molar-refractivity contribution is 5.91. The first-order valence-electron chi connectivity index (χ1n) is 6.11. The van der Waals surface area contributed by atoms with Gasteiger partial charge in [-0.15, -0.1) is 0 Å². The lowest BCUT2D eigenvalue weighted by Gasteiger charge is -2.22. The van der Waals surface area contributed by atoms with Crippen molar-refractivity contribution in [1.82, 2.24) is 25.6 Å². The average molecular weight is 261 g/mol. The number of hydrogen-bond acceptors (Lipinski definition) is 5. The third kappa shape index (κ3) is 1.91. The summed E-state index contributed by atoms with van der Waals surface area (Å²) in [5.74, 6) is -0.0395. The number of carbonyl (C=O) groups excluding carboxylic acids is 1. The van der Waals surface area contributed by atoms with Crippen molar-refractivity contribution in [2.24, 2.45) is 0 Å². The van der Waals surface area contributed by atoms with Crippen molar-refractivity contribution < 1.29 is 9.53 Å². The highest BCUT2D eigenvalue weighted by Gasteiger charge is 2.27. The summed E-state index contributed by atoms with van der Waals surface area (Å²) >= 11 is 0. The molecule has 1 aliphatic rings. The molecule has 3 N–H and O–H groups in total. The zero-order valence-electron chi connectivity index (χ0n) is 10.8. The number of aryl methyl sites for hydroxylation is 1. The molecule has 7 heteroatoms. The number of H-pyrrole nitrogens is 1. The summed E-state index contributed by atoms with van der Waals surface area (Å²) in [6.07, 6.45) is 1.80. The summed E-state index contributed by atoms with van der Waals surface area (Å²) in [5.41, 5.74) is 3.16. The van der Waals surface area contributed by atoms with Crippen molar-refractivity contribution in [2.75, 3.05) is 20.2 Å². The van der Waals surface area contributed by atoms with Crippen molar-refractivity contribution in [2.45, 2.75) is 13.0 Å². The Hall–Kier alpha value is -2.15. The summed E-state index contributed by atoms with van der Waals surface area (Å²) in [7, 11) is 1.53. The molecule has 7 nitrogen and oxygen atoms in total. The van der Waals surface area contributed by atoms with E-state index in [0.717, 1.165) is 28.8 Å². The number of ether oxygens (including phenoxy) is 1. The number of nitrogens with zero attached hydrogens (tertiary/aromatic N) is 2. The maximum Gasteiger partial charge on any atom is 0.317 e. The van der Waals surface area contributed by atoms with Crippen LogP contribution in [0.5, 0.6) is 6.01 Å². The highest BCUT2D eigenvalue weighted by Crippen LogP contribution is 2.26. The van der Waals surface area contributed by atoms with Crippen LogP contribution in [0.3, 0.4) is 0 Å². The Labute approximate surface area is 109 Å². The van der Waals surface area contributed by atoms with E-state index in [0.29, 0.717) is 12.6 Å². The van der Waals surface area contributed by atoms with Gasteiger partial charge in [-0.05, 0) is 6.92 Å². The number of piperazine rings is 1. The summed E-state index contributed by atoms with van der Waals surface area (Å²) in [6.45, 7) is 3.26. The smallest absolute Gasteiger partial charge is 0.317 e. The van der Waals surface area contributed by atoms with Crippen LogP contribution in [0.25, 0.3) is 11.0 Å². The van der Waals surface area contributed by atoms with Crippen LogP contribution in [0.2, 0.25) is 0 Å². The molecule has 1 amide bonds. The van der Waals surface area contributed by atoms with E-state index in [1.54, 1.807) is 6.20 Å². The lowest BCUT2D eigenvalue weighted by atomic mass is 10.1. The van der Waals surface area contributed by atoms with E-state index in [1.807, 2.05) is 6.92 Å². The number of fused-ring (bicyclic) bond motifs is 1. The summed E-state index contributed by atoms with van der Waals surface area (Å²) in [5, 5.41) is 6.03. The molecule has 1 aliphatic heterocycles. The fourth-order valence-electron chi connectivity index (χ4n) is 2.31. The maximum atomic E-state index is 11.9. The predicted molar refractivity (Wildman–Crippen MR) is 68.9 cm³/mol. The fourth-order valence-corrected chi connectivity index (χ4v) is 2.31. The zero-order valence-corrected chi connectivity index (χ0v) is 10.8. The molecule has 3 heterocycles. The van der Waals surface area contributed by atoms with Crippen molar-refractivity contribution in [3.8, 4) is 6.01 Å². The first-order valence-corrected chi connectivity index (χ1v) is 6.11. The van der Waals surface area contributed by atoms with Crippen LogP contribution in [-0.2, 0) is 4.79 Å². The van der Waals surface area contributed by atoms with E-state index < -0.39 is 0 Å². The van der Waals surface area contributed by atoms with E-state index in [1.165, 1.54) is 7.11 Å². The molecule has 1 fully saturated rings. The first kappa shape index (κ1) is 11.9. The number of aromatic amines is 1. The molecule has 0 radical (unpaired) electrons. The summed E-state index contributed by atoms with van der Waals surface area (Å²) in [6, 6.07) is -0.0800. The lowest BCUT2D eigenvalue weighted by Crippen LogP contribution is -2.47. The van der Waals surface area contributed by atoms with Gasteiger partial charge >= 0.3 is 6.01 Å². The molecular formula is C12H15N5O2. The molecule has 19 heavy (non-hydrogen) atoms. The van der Waals surface area contributed by atoms with Crippen LogP contribution in [0.4, 0.5) is 0 Å². The maximum absolute atomic E-state index is 11.9. The molecular weight excluding hydrogens is 246 g/mol. The molecule has 2 aromatic rings. The molecule has 2 aromatic heterocycles. The number of methoxy groups -OCH3 is 1. The van der Waals surface area contributed by atoms with Gasteiger partial charge in [-0.2, -0.15) is 9.97 Å². The number of carbonyl (C=O) groups is 1. The van der Waals surface area contributed by atoms with Gasteiger partial charge in [-0.1, -0.05) is 0 Å². The molecule has 0 spiro atoms. The van der Waals surface area contributed by atoms with Crippen molar-refractivity contribution >= 4 is 16.9 Å². The minimum Gasteiger partial charge on any atom is -0.467 e. The molecule has 0 saturated carbocycles.